The second kappa shape index (κ2) is 8.50. The SMILES string of the molecule is CC(C)CC(C)(CN)NC(=O)c1cccc(S(=O)(=O)N2CCCCC2)c1. The van der Waals surface area contributed by atoms with Crippen LogP contribution in [0.2, 0.25) is 0 Å². The summed E-state index contributed by atoms with van der Waals surface area (Å²) in [6.07, 6.45) is 3.57. The van der Waals surface area contributed by atoms with Crippen LogP contribution in [0.4, 0.5) is 0 Å². The highest BCUT2D eigenvalue weighted by atomic mass is 32.2. The first kappa shape index (κ1) is 20.9. The molecule has 1 heterocycles. The fraction of sp³-hybridized carbons (Fsp3) is 0.632. The third kappa shape index (κ3) is 5.05. The van der Waals surface area contributed by atoms with Gasteiger partial charge in [-0.05, 0) is 50.3 Å². The van der Waals surface area contributed by atoms with E-state index in [-0.39, 0.29) is 10.8 Å². The highest BCUT2D eigenvalue weighted by Crippen LogP contribution is 2.22. The van der Waals surface area contributed by atoms with Crippen LogP contribution >= 0.6 is 0 Å². The van der Waals surface area contributed by atoms with Gasteiger partial charge >= 0.3 is 0 Å². The standard InChI is InChI=1S/C19H31N3O3S/c1-15(2)13-19(3,14-20)21-18(23)16-8-7-9-17(12-16)26(24,25)22-10-5-4-6-11-22/h7-9,12,15H,4-6,10-11,13-14,20H2,1-3H3,(H,21,23). The van der Waals surface area contributed by atoms with Gasteiger partial charge in [0, 0.05) is 30.7 Å². The number of nitrogens with one attached hydrogen (secondary N) is 1. The molecule has 1 aromatic rings. The topological polar surface area (TPSA) is 92.5 Å². The van der Waals surface area contributed by atoms with Crippen molar-refractivity contribution >= 4 is 15.9 Å². The van der Waals surface area contributed by atoms with Gasteiger partial charge in [-0.25, -0.2) is 8.42 Å². The molecule has 1 fully saturated rings. The first-order chi connectivity index (χ1) is 12.2. The maximum absolute atomic E-state index is 12.8. The van der Waals surface area contributed by atoms with Gasteiger partial charge < -0.3 is 11.1 Å². The van der Waals surface area contributed by atoms with Crippen molar-refractivity contribution in [2.75, 3.05) is 19.6 Å². The van der Waals surface area contributed by atoms with Crippen molar-refractivity contribution < 1.29 is 13.2 Å². The maximum atomic E-state index is 12.8. The Kier molecular flexibility index (Phi) is 6.82. The van der Waals surface area contributed by atoms with Gasteiger partial charge in [0.25, 0.3) is 5.91 Å². The lowest BCUT2D eigenvalue weighted by Crippen LogP contribution is -2.52. The quantitative estimate of drug-likeness (QED) is 0.758. The number of nitrogens with two attached hydrogens (primary N) is 1. The van der Waals surface area contributed by atoms with E-state index in [4.69, 9.17) is 5.73 Å². The van der Waals surface area contributed by atoms with E-state index in [0.717, 1.165) is 25.7 Å². The molecule has 0 bridgehead atoms. The third-order valence-corrected chi connectivity index (χ3v) is 6.67. The van der Waals surface area contributed by atoms with Gasteiger partial charge in [0.05, 0.1) is 4.90 Å². The summed E-state index contributed by atoms with van der Waals surface area (Å²) in [7, 11) is -3.56. The summed E-state index contributed by atoms with van der Waals surface area (Å²) in [5, 5.41) is 2.98. The van der Waals surface area contributed by atoms with Crippen molar-refractivity contribution in [3.63, 3.8) is 0 Å². The van der Waals surface area contributed by atoms with Gasteiger partial charge in [-0.1, -0.05) is 26.3 Å². The largest absolute Gasteiger partial charge is 0.346 e. The van der Waals surface area contributed by atoms with Crippen LogP contribution < -0.4 is 11.1 Å². The first-order valence-electron chi connectivity index (χ1n) is 9.31. The third-order valence-electron chi connectivity index (χ3n) is 4.77. The molecule has 7 heteroatoms. The highest BCUT2D eigenvalue weighted by Gasteiger charge is 2.29. The molecule has 0 aromatic heterocycles. The Morgan fingerprint density at radius 1 is 1.27 bits per heavy atom. The lowest BCUT2D eigenvalue weighted by Gasteiger charge is -2.31. The smallest absolute Gasteiger partial charge is 0.251 e. The van der Waals surface area contributed by atoms with E-state index in [1.807, 2.05) is 6.92 Å². The summed E-state index contributed by atoms with van der Waals surface area (Å²) >= 11 is 0. The molecule has 1 amide bonds. The molecule has 146 valence electrons. The molecule has 0 saturated carbocycles. The second-order valence-corrected chi connectivity index (χ2v) is 9.75. The maximum Gasteiger partial charge on any atom is 0.251 e. The van der Waals surface area contributed by atoms with Crippen molar-refractivity contribution in [3.05, 3.63) is 29.8 Å². The number of benzene rings is 1. The predicted molar refractivity (Wildman–Crippen MR) is 103 cm³/mol. The second-order valence-electron chi connectivity index (χ2n) is 7.81. The van der Waals surface area contributed by atoms with Gasteiger partial charge in [0.2, 0.25) is 10.0 Å². The van der Waals surface area contributed by atoms with Gasteiger partial charge in [-0.3, -0.25) is 4.79 Å². The van der Waals surface area contributed by atoms with Gasteiger partial charge in [-0.15, -0.1) is 0 Å². The molecule has 2 rings (SSSR count). The number of rotatable bonds is 7. The number of nitrogens with zero attached hydrogens (tertiary/aromatic N) is 1. The van der Waals surface area contributed by atoms with Crippen LogP contribution in [0, 0.1) is 5.92 Å². The van der Waals surface area contributed by atoms with Gasteiger partial charge in [0.1, 0.15) is 0 Å². The Hall–Kier alpha value is -1.44. The Morgan fingerprint density at radius 3 is 2.50 bits per heavy atom. The van der Waals surface area contributed by atoms with Gasteiger partial charge in [-0.2, -0.15) is 4.31 Å². The first-order valence-corrected chi connectivity index (χ1v) is 10.7. The van der Waals surface area contributed by atoms with E-state index in [0.29, 0.717) is 31.1 Å². The van der Waals surface area contributed by atoms with E-state index < -0.39 is 15.6 Å². The van der Waals surface area contributed by atoms with Crippen LogP contribution in [0.5, 0.6) is 0 Å². The monoisotopic (exact) mass is 381 g/mol. The molecule has 1 aliphatic rings. The number of hydrogen-bond acceptors (Lipinski definition) is 4. The highest BCUT2D eigenvalue weighted by molar-refractivity contribution is 7.89. The summed E-state index contributed by atoms with van der Waals surface area (Å²) in [4.78, 5) is 12.9. The molecule has 26 heavy (non-hydrogen) atoms. The van der Waals surface area contributed by atoms with E-state index in [9.17, 15) is 13.2 Å². The molecule has 1 saturated heterocycles. The lowest BCUT2D eigenvalue weighted by atomic mass is 9.90. The molecule has 0 aliphatic carbocycles. The van der Waals surface area contributed by atoms with Gasteiger partial charge in [0.15, 0.2) is 0 Å². The van der Waals surface area contributed by atoms with Crippen LogP contribution in [0.15, 0.2) is 29.2 Å². The van der Waals surface area contributed by atoms with Crippen molar-refractivity contribution in [1.29, 1.82) is 0 Å². The number of amides is 1. The van der Waals surface area contributed by atoms with E-state index in [2.05, 4.69) is 19.2 Å². The molecule has 1 atom stereocenters. The fourth-order valence-corrected chi connectivity index (χ4v) is 5.05. The van der Waals surface area contributed by atoms with E-state index >= 15 is 0 Å². The van der Waals surface area contributed by atoms with Crippen molar-refractivity contribution in [2.45, 2.75) is 56.9 Å². The van der Waals surface area contributed by atoms with E-state index in [1.165, 1.54) is 10.4 Å². The normalized spacial score (nSPS) is 18.5. The van der Waals surface area contributed by atoms with Crippen molar-refractivity contribution in [3.8, 4) is 0 Å². The summed E-state index contributed by atoms with van der Waals surface area (Å²) in [6, 6.07) is 6.27. The fourth-order valence-electron chi connectivity index (χ4n) is 3.48. The lowest BCUT2D eigenvalue weighted by molar-refractivity contribution is 0.0898. The Bertz CT molecular complexity index is 727. The molecule has 6 nitrogen and oxygen atoms in total. The molecule has 1 aromatic carbocycles. The number of hydrogen-bond donors (Lipinski definition) is 2. The molecule has 3 N–H and O–H groups in total. The summed E-state index contributed by atoms with van der Waals surface area (Å²) in [5.74, 6) is 0.0870. The van der Waals surface area contributed by atoms with Crippen LogP contribution in [0.25, 0.3) is 0 Å². The minimum absolute atomic E-state index is 0.172. The van der Waals surface area contributed by atoms with Crippen molar-refractivity contribution in [1.82, 2.24) is 9.62 Å². The average Bonchev–Trinajstić information content (AvgIpc) is 2.62. The Morgan fingerprint density at radius 2 is 1.92 bits per heavy atom. The number of carbonyl (C=O) groups excluding carboxylic acids is 1. The van der Waals surface area contributed by atoms with E-state index in [1.54, 1.807) is 18.2 Å². The number of piperidine rings is 1. The summed E-state index contributed by atoms with van der Waals surface area (Å²) < 4.78 is 27.2. The molecule has 1 unspecified atom stereocenters. The Balaban J connectivity index is 2.21. The summed E-state index contributed by atoms with van der Waals surface area (Å²) in [6.45, 7) is 7.47. The minimum atomic E-state index is -3.56. The molecule has 0 spiro atoms. The number of sulfonamides is 1. The van der Waals surface area contributed by atoms with Crippen LogP contribution in [0.3, 0.4) is 0 Å². The minimum Gasteiger partial charge on any atom is -0.346 e. The van der Waals surface area contributed by atoms with Crippen LogP contribution in [-0.4, -0.2) is 43.8 Å². The predicted octanol–water partition coefficient (Wildman–Crippen LogP) is 2.35. The Labute approximate surface area is 157 Å². The zero-order valence-electron chi connectivity index (χ0n) is 16.0. The molecular formula is C19H31N3O3S. The number of carbonyl (C=O) groups is 1. The van der Waals surface area contributed by atoms with Crippen molar-refractivity contribution in [2.24, 2.45) is 11.7 Å². The van der Waals surface area contributed by atoms with Crippen LogP contribution in [-0.2, 0) is 10.0 Å². The summed E-state index contributed by atoms with van der Waals surface area (Å²) in [5.41, 5.74) is 5.68. The zero-order valence-corrected chi connectivity index (χ0v) is 16.8. The molecule has 0 radical (unpaired) electrons. The molecule has 1 aliphatic heterocycles. The zero-order chi connectivity index (χ0) is 19.4. The average molecular weight is 382 g/mol. The van der Waals surface area contributed by atoms with Crippen LogP contribution in [0.1, 0.15) is 56.8 Å². The molecular weight excluding hydrogens is 350 g/mol.